The van der Waals surface area contributed by atoms with Crippen molar-refractivity contribution in [2.24, 2.45) is 11.3 Å². The number of allylic oxidation sites excluding steroid dienone is 2. The van der Waals surface area contributed by atoms with E-state index >= 15 is 0 Å². The first-order valence-electron chi connectivity index (χ1n) is 12.4. The lowest BCUT2D eigenvalue weighted by molar-refractivity contribution is -0.138. The molecule has 1 aliphatic carbocycles. The first-order chi connectivity index (χ1) is 16.4. The maximum absolute atomic E-state index is 10.7. The lowest BCUT2D eigenvalue weighted by Gasteiger charge is -2.55. The molecule has 0 radical (unpaired) electrons. The molecule has 2 aromatic rings. The van der Waals surface area contributed by atoms with Crippen molar-refractivity contribution in [2.75, 3.05) is 7.11 Å². The monoisotopic (exact) mass is 478 g/mol. The number of aliphatic hydroxyl groups excluding tert-OH is 1. The van der Waals surface area contributed by atoms with E-state index in [1.165, 1.54) is 0 Å². The number of hydrogen-bond donors (Lipinski definition) is 3. The predicted molar refractivity (Wildman–Crippen MR) is 140 cm³/mol. The van der Waals surface area contributed by atoms with Crippen LogP contribution in [0.5, 0.6) is 23.0 Å². The van der Waals surface area contributed by atoms with Gasteiger partial charge in [-0.15, -0.1) is 0 Å². The highest BCUT2D eigenvalue weighted by atomic mass is 16.5. The van der Waals surface area contributed by atoms with Crippen molar-refractivity contribution in [1.29, 1.82) is 0 Å². The molecule has 2 aromatic carbocycles. The van der Waals surface area contributed by atoms with Gasteiger partial charge in [0.15, 0.2) is 11.5 Å². The Bertz CT molecular complexity index is 1150. The van der Waals surface area contributed by atoms with E-state index in [1.807, 2.05) is 38.1 Å². The van der Waals surface area contributed by atoms with Crippen molar-refractivity contribution in [2.45, 2.75) is 72.0 Å². The Morgan fingerprint density at radius 2 is 1.69 bits per heavy atom. The zero-order valence-corrected chi connectivity index (χ0v) is 21.7. The van der Waals surface area contributed by atoms with Crippen LogP contribution in [0.25, 0.3) is 12.2 Å². The molecule has 0 saturated heterocycles. The molecule has 0 amide bonds. The zero-order chi connectivity index (χ0) is 25.5. The van der Waals surface area contributed by atoms with Gasteiger partial charge in [-0.05, 0) is 92.8 Å². The molecule has 0 spiro atoms. The minimum absolute atomic E-state index is 0.0796. The van der Waals surface area contributed by atoms with Crippen LogP contribution in [-0.4, -0.2) is 34.1 Å². The molecular formula is C30H38O5. The summed E-state index contributed by atoms with van der Waals surface area (Å²) in [5, 5.41) is 31.6. The molecule has 3 N–H and O–H groups in total. The van der Waals surface area contributed by atoms with Crippen LogP contribution in [0.4, 0.5) is 0 Å². The number of benzene rings is 2. The van der Waals surface area contributed by atoms with Crippen LogP contribution in [-0.2, 0) is 12.8 Å². The Morgan fingerprint density at radius 1 is 1.06 bits per heavy atom. The highest BCUT2D eigenvalue weighted by molar-refractivity contribution is 5.73. The van der Waals surface area contributed by atoms with Crippen molar-refractivity contribution in [3.63, 3.8) is 0 Å². The number of hydrogen-bond acceptors (Lipinski definition) is 5. The second kappa shape index (κ2) is 9.27. The first kappa shape index (κ1) is 25.2. The van der Waals surface area contributed by atoms with Crippen LogP contribution in [0, 0.1) is 11.3 Å². The normalized spacial score (nSPS) is 24.9. The van der Waals surface area contributed by atoms with E-state index in [1.54, 1.807) is 19.2 Å². The summed E-state index contributed by atoms with van der Waals surface area (Å²) in [6, 6.07) is 7.39. The van der Waals surface area contributed by atoms with Crippen molar-refractivity contribution < 1.29 is 24.8 Å². The van der Waals surface area contributed by atoms with Gasteiger partial charge in [-0.3, -0.25) is 0 Å². The summed E-state index contributed by atoms with van der Waals surface area (Å²) in [6.07, 6.45) is 8.26. The number of phenols is 2. The number of phenolic OH excluding ortho intramolecular Hbond substituents is 2. The number of rotatable bonds is 5. The largest absolute Gasteiger partial charge is 0.507 e. The van der Waals surface area contributed by atoms with E-state index in [-0.39, 0.29) is 34.5 Å². The maximum Gasteiger partial charge on any atom is 0.165 e. The molecule has 0 aromatic heterocycles. The van der Waals surface area contributed by atoms with Crippen LogP contribution in [0.15, 0.2) is 35.9 Å². The summed E-state index contributed by atoms with van der Waals surface area (Å²) in [6.45, 7) is 10.4. The second-order valence-electron chi connectivity index (χ2n) is 11.1. The van der Waals surface area contributed by atoms with Gasteiger partial charge < -0.3 is 24.8 Å². The van der Waals surface area contributed by atoms with E-state index in [0.717, 1.165) is 41.7 Å². The van der Waals surface area contributed by atoms with E-state index in [2.05, 4.69) is 26.8 Å². The van der Waals surface area contributed by atoms with Crippen LogP contribution in [0.3, 0.4) is 0 Å². The molecule has 2 aliphatic rings. The van der Waals surface area contributed by atoms with Gasteiger partial charge in [0.05, 0.1) is 13.2 Å². The molecule has 1 aliphatic heterocycles. The van der Waals surface area contributed by atoms with Crippen molar-refractivity contribution in [3.8, 4) is 23.0 Å². The summed E-state index contributed by atoms with van der Waals surface area (Å²) in [5.74, 6) is 1.81. The fourth-order valence-corrected chi connectivity index (χ4v) is 5.71. The fraction of sp³-hybridized carbons (Fsp3) is 0.467. The molecule has 35 heavy (non-hydrogen) atoms. The van der Waals surface area contributed by atoms with Gasteiger partial charge in [0.25, 0.3) is 0 Å². The van der Waals surface area contributed by atoms with Crippen LogP contribution in [0.1, 0.15) is 69.7 Å². The predicted octanol–water partition coefficient (Wildman–Crippen LogP) is 6.28. The molecule has 0 bridgehead atoms. The van der Waals surface area contributed by atoms with E-state index < -0.39 is 0 Å². The van der Waals surface area contributed by atoms with Crippen molar-refractivity contribution in [1.82, 2.24) is 0 Å². The molecule has 5 heteroatoms. The minimum Gasteiger partial charge on any atom is -0.507 e. The molecule has 1 fully saturated rings. The lowest BCUT2D eigenvalue weighted by atomic mass is 9.57. The molecule has 3 unspecified atom stereocenters. The molecule has 1 saturated carbocycles. The van der Waals surface area contributed by atoms with E-state index in [4.69, 9.17) is 9.47 Å². The quantitative estimate of drug-likeness (QED) is 0.348. The molecule has 5 nitrogen and oxygen atoms in total. The molecule has 188 valence electrons. The Hall–Kier alpha value is -2.92. The zero-order valence-electron chi connectivity index (χ0n) is 21.7. The number of ether oxygens (including phenoxy) is 2. The van der Waals surface area contributed by atoms with Crippen molar-refractivity contribution in [3.05, 3.63) is 58.2 Å². The highest BCUT2D eigenvalue weighted by Crippen LogP contribution is 2.55. The number of aliphatic hydroxyl groups is 1. The summed E-state index contributed by atoms with van der Waals surface area (Å²) in [7, 11) is 1.65. The van der Waals surface area contributed by atoms with Crippen LogP contribution in [0.2, 0.25) is 0 Å². The first-order valence-corrected chi connectivity index (χ1v) is 12.4. The average Bonchev–Trinajstić information content (AvgIpc) is 2.78. The van der Waals surface area contributed by atoms with Crippen LogP contribution < -0.4 is 9.47 Å². The Morgan fingerprint density at radius 3 is 2.29 bits per heavy atom. The third-order valence-electron chi connectivity index (χ3n) is 7.95. The van der Waals surface area contributed by atoms with Crippen molar-refractivity contribution >= 4 is 12.2 Å². The minimum atomic E-state index is -0.351. The molecule has 4 rings (SSSR count). The summed E-state index contributed by atoms with van der Waals surface area (Å²) in [4.78, 5) is 0. The Balaban J connectivity index is 1.65. The summed E-state index contributed by atoms with van der Waals surface area (Å²) in [5.41, 5.74) is 3.76. The van der Waals surface area contributed by atoms with Gasteiger partial charge in [0.2, 0.25) is 0 Å². The third-order valence-corrected chi connectivity index (χ3v) is 7.95. The lowest BCUT2D eigenvalue weighted by Crippen LogP contribution is -2.58. The van der Waals surface area contributed by atoms with Gasteiger partial charge in [-0.25, -0.2) is 0 Å². The Labute approximate surface area is 208 Å². The van der Waals surface area contributed by atoms with Gasteiger partial charge in [-0.1, -0.05) is 37.6 Å². The smallest absolute Gasteiger partial charge is 0.165 e. The number of aromatic hydroxyl groups is 2. The SMILES string of the molecule is COc1cc(/C=C/c2cc(O)c(CC=C(C)C)c(O)c2)cc2c1OC1(C)CCC(O)C(C)(C)C1C2. The fourth-order valence-electron chi connectivity index (χ4n) is 5.71. The topological polar surface area (TPSA) is 79.2 Å². The van der Waals surface area contributed by atoms with Crippen LogP contribution >= 0.6 is 0 Å². The molecule has 1 heterocycles. The Kier molecular flexibility index (Phi) is 6.67. The standard InChI is InChI=1S/C30H38O5/c1-18(2)7-10-22-23(31)14-20(15-24(22)32)9-8-19-13-21-17-26-29(3,4)27(33)11-12-30(26,5)35-28(21)25(16-19)34-6/h7-9,13-16,26-27,31-33H,10-12,17H2,1-6H3/b9-8+. The molecular weight excluding hydrogens is 440 g/mol. The van der Waals surface area contributed by atoms with Gasteiger partial charge in [0, 0.05) is 11.5 Å². The second-order valence-corrected chi connectivity index (χ2v) is 11.1. The van der Waals surface area contributed by atoms with Gasteiger partial charge in [0.1, 0.15) is 17.1 Å². The van der Waals surface area contributed by atoms with E-state index in [0.29, 0.717) is 23.3 Å². The third kappa shape index (κ3) is 4.79. The highest BCUT2D eigenvalue weighted by Gasteiger charge is 2.54. The number of fused-ring (bicyclic) bond motifs is 2. The number of methoxy groups -OCH3 is 1. The van der Waals surface area contributed by atoms with Gasteiger partial charge in [-0.2, -0.15) is 0 Å². The summed E-state index contributed by atoms with van der Waals surface area (Å²) < 4.78 is 12.3. The summed E-state index contributed by atoms with van der Waals surface area (Å²) >= 11 is 0. The maximum atomic E-state index is 10.7. The average molecular weight is 479 g/mol. The molecule has 3 atom stereocenters. The van der Waals surface area contributed by atoms with E-state index in [9.17, 15) is 15.3 Å². The van der Waals surface area contributed by atoms with Gasteiger partial charge >= 0.3 is 0 Å².